The van der Waals surface area contributed by atoms with Crippen LogP contribution < -0.4 is 11.2 Å². The summed E-state index contributed by atoms with van der Waals surface area (Å²) in [5.41, 5.74) is 7.57. The van der Waals surface area contributed by atoms with Crippen LogP contribution >= 0.6 is 0 Å². The number of nitrogens with two attached hydrogens (primary N) is 1. The van der Waals surface area contributed by atoms with E-state index in [1.165, 1.54) is 14.2 Å². The summed E-state index contributed by atoms with van der Waals surface area (Å²) >= 11 is 0. The molecule has 1 heterocycles. The minimum atomic E-state index is -1.85. The van der Waals surface area contributed by atoms with Gasteiger partial charge in [0, 0.05) is 20.8 Å². The minimum Gasteiger partial charge on any atom is -0.338 e. The Bertz CT molecular complexity index is 253. The van der Waals surface area contributed by atoms with Crippen LogP contribution in [-0.2, 0) is 19.1 Å². The van der Waals surface area contributed by atoms with Crippen molar-refractivity contribution in [1.82, 2.24) is 10.4 Å². The number of amides is 2. The van der Waals surface area contributed by atoms with Gasteiger partial charge in [0.25, 0.3) is 0 Å². The van der Waals surface area contributed by atoms with Gasteiger partial charge in [-0.3, -0.25) is 15.0 Å². The predicted molar refractivity (Wildman–Crippen MR) is 57.0 cm³/mol. The highest BCUT2D eigenvalue weighted by atomic mass is 16.7. The Morgan fingerprint density at radius 3 is 2.12 bits per heavy atom. The highest BCUT2D eigenvalue weighted by molar-refractivity contribution is 6.11. The van der Waals surface area contributed by atoms with Crippen molar-refractivity contribution in [3.05, 3.63) is 0 Å². The summed E-state index contributed by atoms with van der Waals surface area (Å²) in [5.74, 6) is -3.08. The van der Waals surface area contributed by atoms with Gasteiger partial charge in [0.05, 0.1) is 6.54 Å². The van der Waals surface area contributed by atoms with Crippen molar-refractivity contribution < 1.29 is 19.1 Å². The highest BCUT2D eigenvalue weighted by Gasteiger charge is 2.56. The molecule has 0 aliphatic carbocycles. The molecule has 0 aromatic carbocycles. The smallest absolute Gasteiger partial charge is 0.334 e. The maximum atomic E-state index is 11.6. The largest absolute Gasteiger partial charge is 0.338 e. The Kier molecular flexibility index (Phi) is 5.94. The van der Waals surface area contributed by atoms with Crippen LogP contribution in [0.25, 0.3) is 0 Å². The number of hydrazine groups is 1. The second kappa shape index (κ2) is 6.41. The van der Waals surface area contributed by atoms with Gasteiger partial charge in [-0.1, -0.05) is 13.8 Å². The average Bonchev–Trinajstić information content (AvgIpc) is 2.55. The van der Waals surface area contributed by atoms with Crippen LogP contribution in [-0.4, -0.2) is 49.9 Å². The average molecular weight is 233 g/mol. The summed E-state index contributed by atoms with van der Waals surface area (Å²) in [7, 11) is 2.46. The quantitative estimate of drug-likeness (QED) is 0.471. The standard InChI is InChI=1S/C7H13N3O4.C2H6/c1-13-7(14-2)5(11)9-10(4-3-8)6(7)12;1-2/h3-4,8H2,1-2H3,(H,9,11);1-2H3. The Hall–Kier alpha value is -1.18. The van der Waals surface area contributed by atoms with E-state index in [0.29, 0.717) is 0 Å². The van der Waals surface area contributed by atoms with Crippen molar-refractivity contribution in [2.24, 2.45) is 5.73 Å². The summed E-state index contributed by atoms with van der Waals surface area (Å²) in [6, 6.07) is 0. The van der Waals surface area contributed by atoms with E-state index in [1.807, 2.05) is 13.8 Å². The number of ether oxygens (including phenoxy) is 2. The molecule has 94 valence electrons. The minimum absolute atomic E-state index is 0.221. The van der Waals surface area contributed by atoms with Crippen LogP contribution in [0.3, 0.4) is 0 Å². The molecular formula is C9H19N3O4. The van der Waals surface area contributed by atoms with Crippen molar-refractivity contribution in [2.75, 3.05) is 27.3 Å². The normalized spacial score (nSPS) is 17.9. The zero-order chi connectivity index (χ0) is 12.8. The molecule has 1 aliphatic heterocycles. The van der Waals surface area contributed by atoms with Gasteiger partial charge in [-0.05, 0) is 0 Å². The molecule has 1 fully saturated rings. The number of carbonyl (C=O) groups is 2. The molecule has 7 nitrogen and oxygen atoms in total. The van der Waals surface area contributed by atoms with Gasteiger partial charge in [0.1, 0.15) is 0 Å². The summed E-state index contributed by atoms with van der Waals surface area (Å²) in [6.07, 6.45) is 0. The molecule has 0 saturated carbocycles. The second-order valence-corrected chi connectivity index (χ2v) is 2.71. The van der Waals surface area contributed by atoms with E-state index in [1.54, 1.807) is 0 Å². The molecule has 0 radical (unpaired) electrons. The van der Waals surface area contributed by atoms with Crippen molar-refractivity contribution in [2.45, 2.75) is 19.6 Å². The first-order valence-electron chi connectivity index (χ1n) is 5.05. The zero-order valence-corrected chi connectivity index (χ0v) is 10.1. The van der Waals surface area contributed by atoms with Gasteiger partial charge in [-0.25, -0.2) is 5.01 Å². The van der Waals surface area contributed by atoms with Gasteiger partial charge in [0.2, 0.25) is 0 Å². The first kappa shape index (κ1) is 14.8. The summed E-state index contributed by atoms with van der Waals surface area (Å²) < 4.78 is 9.57. The molecule has 16 heavy (non-hydrogen) atoms. The lowest BCUT2D eigenvalue weighted by atomic mass is 10.2. The van der Waals surface area contributed by atoms with Crippen LogP contribution in [0.2, 0.25) is 0 Å². The topological polar surface area (TPSA) is 93.9 Å². The lowest BCUT2D eigenvalue weighted by Crippen LogP contribution is -2.47. The molecule has 0 spiro atoms. The molecule has 1 saturated heterocycles. The molecule has 0 unspecified atom stereocenters. The molecule has 0 aromatic rings. The number of hydrogen-bond acceptors (Lipinski definition) is 5. The fraction of sp³-hybridized carbons (Fsp3) is 0.778. The Morgan fingerprint density at radius 2 is 1.81 bits per heavy atom. The molecule has 1 aliphatic rings. The van der Waals surface area contributed by atoms with E-state index < -0.39 is 17.6 Å². The van der Waals surface area contributed by atoms with Gasteiger partial charge in [-0.15, -0.1) is 0 Å². The summed E-state index contributed by atoms with van der Waals surface area (Å²) in [5, 5.41) is 1.08. The molecule has 7 heteroatoms. The monoisotopic (exact) mass is 233 g/mol. The number of hydrogen-bond donors (Lipinski definition) is 2. The second-order valence-electron chi connectivity index (χ2n) is 2.71. The third-order valence-corrected chi connectivity index (χ3v) is 1.99. The van der Waals surface area contributed by atoms with E-state index in [2.05, 4.69) is 5.43 Å². The first-order valence-corrected chi connectivity index (χ1v) is 5.05. The third kappa shape index (κ3) is 2.31. The van der Waals surface area contributed by atoms with E-state index in [9.17, 15) is 9.59 Å². The summed E-state index contributed by atoms with van der Waals surface area (Å²) in [6.45, 7) is 4.47. The first-order chi connectivity index (χ1) is 7.62. The number of rotatable bonds is 4. The molecule has 0 aromatic heterocycles. The van der Waals surface area contributed by atoms with Crippen LogP contribution in [0.4, 0.5) is 0 Å². The Morgan fingerprint density at radius 1 is 1.31 bits per heavy atom. The number of carbonyl (C=O) groups excluding carboxylic acids is 2. The molecule has 1 rings (SSSR count). The van der Waals surface area contributed by atoms with E-state index in [-0.39, 0.29) is 13.1 Å². The number of methoxy groups -OCH3 is 2. The SMILES string of the molecule is CC.COC1(OC)C(=O)NN(CCN)C1=O. The zero-order valence-electron chi connectivity index (χ0n) is 10.1. The van der Waals surface area contributed by atoms with Gasteiger partial charge < -0.3 is 15.2 Å². The van der Waals surface area contributed by atoms with E-state index in [4.69, 9.17) is 15.2 Å². The highest BCUT2D eigenvalue weighted by Crippen LogP contribution is 2.20. The lowest BCUT2D eigenvalue weighted by Gasteiger charge is -2.20. The lowest BCUT2D eigenvalue weighted by molar-refractivity contribution is -0.203. The van der Waals surface area contributed by atoms with Crippen LogP contribution in [0, 0.1) is 0 Å². The predicted octanol–water partition coefficient (Wildman–Crippen LogP) is -1.17. The molecule has 0 bridgehead atoms. The van der Waals surface area contributed by atoms with E-state index in [0.717, 1.165) is 5.01 Å². The molecule has 0 atom stereocenters. The maximum absolute atomic E-state index is 11.6. The Labute approximate surface area is 94.8 Å². The van der Waals surface area contributed by atoms with Gasteiger partial charge >= 0.3 is 17.6 Å². The molecule has 3 N–H and O–H groups in total. The van der Waals surface area contributed by atoms with Crippen LogP contribution in [0.15, 0.2) is 0 Å². The third-order valence-electron chi connectivity index (χ3n) is 1.99. The van der Waals surface area contributed by atoms with Crippen molar-refractivity contribution in [1.29, 1.82) is 0 Å². The fourth-order valence-corrected chi connectivity index (χ4v) is 1.25. The van der Waals surface area contributed by atoms with Crippen molar-refractivity contribution in [3.8, 4) is 0 Å². The van der Waals surface area contributed by atoms with Crippen molar-refractivity contribution >= 4 is 11.8 Å². The molecular weight excluding hydrogens is 214 g/mol. The van der Waals surface area contributed by atoms with Crippen molar-refractivity contribution in [3.63, 3.8) is 0 Å². The Balaban J connectivity index is 0.00000106. The fourth-order valence-electron chi connectivity index (χ4n) is 1.25. The van der Waals surface area contributed by atoms with E-state index >= 15 is 0 Å². The van der Waals surface area contributed by atoms with Gasteiger partial charge in [0.15, 0.2) is 0 Å². The molecule has 2 amide bonds. The van der Waals surface area contributed by atoms with Crippen LogP contribution in [0.5, 0.6) is 0 Å². The summed E-state index contributed by atoms with van der Waals surface area (Å²) in [4.78, 5) is 23.0. The maximum Gasteiger partial charge on any atom is 0.334 e. The van der Waals surface area contributed by atoms with Gasteiger partial charge in [-0.2, -0.15) is 0 Å². The van der Waals surface area contributed by atoms with Crippen LogP contribution in [0.1, 0.15) is 13.8 Å². The number of nitrogens with one attached hydrogen (secondary N) is 1. The number of nitrogens with zero attached hydrogens (tertiary/aromatic N) is 1.